The molecule has 206 valence electrons. The third-order valence-corrected chi connectivity index (χ3v) is 9.42. The number of ether oxygens (including phenoxy) is 1. The van der Waals surface area contributed by atoms with E-state index in [4.69, 9.17) is 4.74 Å². The zero-order valence-electron chi connectivity index (χ0n) is 22.0. The Balaban J connectivity index is 1.66. The Bertz CT molecular complexity index is 1480. The van der Waals surface area contributed by atoms with Gasteiger partial charge in [0.2, 0.25) is 10.0 Å². The number of amides is 2. The number of benzene rings is 2. The van der Waals surface area contributed by atoms with E-state index < -0.39 is 38.9 Å². The molecule has 5 rings (SSSR count). The number of anilines is 1. The molecular formula is C27H30N4O7S. The van der Waals surface area contributed by atoms with E-state index in [1.165, 1.54) is 48.2 Å². The van der Waals surface area contributed by atoms with Crippen molar-refractivity contribution in [3.63, 3.8) is 0 Å². The molecule has 11 nitrogen and oxygen atoms in total. The number of sulfonamides is 1. The molecule has 0 aliphatic carbocycles. The first-order valence-electron chi connectivity index (χ1n) is 12.5. The summed E-state index contributed by atoms with van der Waals surface area (Å²) in [4.78, 5) is 46.0. The highest BCUT2D eigenvalue weighted by atomic mass is 32.2. The Morgan fingerprint density at radius 3 is 2.28 bits per heavy atom. The van der Waals surface area contributed by atoms with Gasteiger partial charge >= 0.3 is 0 Å². The molecule has 2 aromatic rings. The second-order valence-electron chi connectivity index (χ2n) is 9.87. The number of aliphatic hydroxyl groups is 1. The largest absolute Gasteiger partial charge is 0.507 e. The van der Waals surface area contributed by atoms with Crippen LogP contribution >= 0.6 is 0 Å². The van der Waals surface area contributed by atoms with Gasteiger partial charge in [-0.1, -0.05) is 18.2 Å². The maximum Gasteiger partial charge on any atom is 0.296 e. The van der Waals surface area contributed by atoms with Gasteiger partial charge < -0.3 is 19.6 Å². The topological polar surface area (TPSA) is 128 Å². The number of fused-ring (bicyclic) bond motifs is 2. The number of carbonyl (C=O) groups excluding carboxylic acids is 3. The smallest absolute Gasteiger partial charge is 0.296 e. The van der Waals surface area contributed by atoms with Crippen LogP contribution in [0, 0.1) is 0 Å². The van der Waals surface area contributed by atoms with Crippen molar-refractivity contribution in [2.45, 2.75) is 10.4 Å². The number of carbonyl (C=O) groups is 3. The van der Waals surface area contributed by atoms with E-state index in [1.54, 1.807) is 31.3 Å². The average Bonchev–Trinajstić information content (AvgIpc) is 3.30. The molecule has 2 amide bonds. The Kier molecular flexibility index (Phi) is 6.83. The molecule has 0 radical (unpaired) electrons. The molecular weight excluding hydrogens is 524 g/mol. The summed E-state index contributed by atoms with van der Waals surface area (Å²) in [6.45, 7) is 2.90. The van der Waals surface area contributed by atoms with Crippen LogP contribution in [0.5, 0.6) is 0 Å². The highest BCUT2D eigenvalue weighted by molar-refractivity contribution is 7.89. The standard InChI is InChI=1S/C27H30N4O7S/c1-28(2)39(36,37)19-10-8-18(9-11-19)23(32)22-24(33)25(34)31(13-12-30-14-16-38-17-15-30)27(22)20-6-4-5-7-21(20)29(3)26(27)35/h4-11,32H,12-17H2,1-3H3. The van der Waals surface area contributed by atoms with Crippen molar-refractivity contribution in [1.29, 1.82) is 0 Å². The van der Waals surface area contributed by atoms with Gasteiger partial charge in [0, 0.05) is 64.1 Å². The predicted molar refractivity (Wildman–Crippen MR) is 142 cm³/mol. The van der Waals surface area contributed by atoms with Crippen molar-refractivity contribution in [1.82, 2.24) is 14.1 Å². The number of hydrogen-bond acceptors (Lipinski definition) is 8. The molecule has 0 saturated carbocycles. The number of likely N-dealkylation sites (N-methyl/N-ethyl adjacent to an activating group) is 1. The Morgan fingerprint density at radius 2 is 1.64 bits per heavy atom. The number of aliphatic hydroxyl groups excluding tert-OH is 1. The van der Waals surface area contributed by atoms with Crippen LogP contribution in [-0.2, 0) is 34.7 Å². The molecule has 1 N–H and O–H groups in total. The first-order valence-corrected chi connectivity index (χ1v) is 14.0. The van der Waals surface area contributed by atoms with E-state index in [0.29, 0.717) is 44.1 Å². The van der Waals surface area contributed by atoms with E-state index >= 15 is 0 Å². The Morgan fingerprint density at radius 1 is 1.00 bits per heavy atom. The van der Waals surface area contributed by atoms with Gasteiger partial charge in [0.1, 0.15) is 5.76 Å². The molecule has 3 aliphatic rings. The number of nitrogens with zero attached hydrogens (tertiary/aromatic N) is 4. The third kappa shape index (κ3) is 4.06. The van der Waals surface area contributed by atoms with Gasteiger partial charge in [-0.05, 0) is 30.3 Å². The van der Waals surface area contributed by atoms with E-state index in [-0.39, 0.29) is 22.6 Å². The molecule has 1 atom stereocenters. The van der Waals surface area contributed by atoms with Crippen LogP contribution in [0.1, 0.15) is 11.1 Å². The van der Waals surface area contributed by atoms with Crippen LogP contribution in [0.25, 0.3) is 5.76 Å². The molecule has 2 saturated heterocycles. The summed E-state index contributed by atoms with van der Waals surface area (Å²) in [6.07, 6.45) is 0. The number of rotatable bonds is 6. The van der Waals surface area contributed by atoms with Crippen molar-refractivity contribution in [2.24, 2.45) is 0 Å². The van der Waals surface area contributed by atoms with Gasteiger partial charge in [-0.25, -0.2) is 12.7 Å². The SMILES string of the molecule is CN1C(=O)C2(C(=C(O)c3ccc(S(=O)(=O)N(C)C)cc3)C(=O)C(=O)N2CCN2CCOCC2)c2ccccc21. The molecule has 0 aromatic heterocycles. The number of hydrogen-bond donors (Lipinski definition) is 1. The van der Waals surface area contributed by atoms with E-state index in [9.17, 15) is 27.9 Å². The minimum absolute atomic E-state index is 0.00764. The number of morpholine rings is 1. The minimum Gasteiger partial charge on any atom is -0.507 e. The maximum absolute atomic E-state index is 14.1. The van der Waals surface area contributed by atoms with Crippen LogP contribution in [0.4, 0.5) is 5.69 Å². The van der Waals surface area contributed by atoms with Gasteiger partial charge in [0.25, 0.3) is 17.6 Å². The van der Waals surface area contributed by atoms with Crippen molar-refractivity contribution in [2.75, 3.05) is 65.4 Å². The summed E-state index contributed by atoms with van der Waals surface area (Å²) in [5.41, 5.74) is -1.13. The van der Waals surface area contributed by atoms with Crippen LogP contribution in [0.3, 0.4) is 0 Å². The summed E-state index contributed by atoms with van der Waals surface area (Å²) < 4.78 is 31.5. The average molecular weight is 555 g/mol. The summed E-state index contributed by atoms with van der Waals surface area (Å²) in [7, 11) is 0.644. The third-order valence-electron chi connectivity index (χ3n) is 7.59. The zero-order valence-corrected chi connectivity index (χ0v) is 22.8. The Hall–Kier alpha value is -3.58. The van der Waals surface area contributed by atoms with Gasteiger partial charge in [-0.2, -0.15) is 0 Å². The van der Waals surface area contributed by atoms with Gasteiger partial charge in [-0.15, -0.1) is 0 Å². The van der Waals surface area contributed by atoms with Crippen LogP contribution in [0.2, 0.25) is 0 Å². The summed E-state index contributed by atoms with van der Waals surface area (Å²) in [5.74, 6) is -2.93. The van der Waals surface area contributed by atoms with E-state index in [1.807, 2.05) is 0 Å². The van der Waals surface area contributed by atoms with Crippen LogP contribution in [-0.4, -0.2) is 106 Å². The molecule has 39 heavy (non-hydrogen) atoms. The Labute approximate surface area is 226 Å². The lowest BCUT2D eigenvalue weighted by molar-refractivity contribution is -0.144. The molecule has 0 bridgehead atoms. The summed E-state index contributed by atoms with van der Waals surface area (Å²) >= 11 is 0. The molecule has 3 aliphatic heterocycles. The lowest BCUT2D eigenvalue weighted by Gasteiger charge is -2.36. The first kappa shape index (κ1) is 27.0. The summed E-state index contributed by atoms with van der Waals surface area (Å²) in [5, 5.41) is 11.5. The fraction of sp³-hybridized carbons (Fsp3) is 0.370. The number of Topliss-reactive ketones (excluding diaryl/α,β-unsaturated/α-hetero) is 1. The molecule has 12 heteroatoms. The van der Waals surface area contributed by atoms with E-state index in [2.05, 4.69) is 4.90 Å². The van der Waals surface area contributed by atoms with Gasteiger partial charge in [-0.3, -0.25) is 19.3 Å². The monoisotopic (exact) mass is 554 g/mol. The molecule has 2 aromatic carbocycles. The van der Waals surface area contributed by atoms with Crippen molar-refractivity contribution in [3.8, 4) is 0 Å². The second kappa shape index (κ2) is 9.87. The first-order chi connectivity index (χ1) is 18.5. The fourth-order valence-corrected chi connectivity index (χ4v) is 6.38. The van der Waals surface area contributed by atoms with Gasteiger partial charge in [0.05, 0.1) is 23.7 Å². The second-order valence-corrected chi connectivity index (χ2v) is 12.0. The maximum atomic E-state index is 14.1. The minimum atomic E-state index is -3.73. The number of likely N-dealkylation sites (tertiary alicyclic amines) is 1. The molecule has 1 unspecified atom stereocenters. The molecule has 1 spiro atoms. The molecule has 2 fully saturated rings. The van der Waals surface area contributed by atoms with E-state index in [0.717, 1.165) is 4.31 Å². The summed E-state index contributed by atoms with van der Waals surface area (Å²) in [6, 6.07) is 12.2. The zero-order chi connectivity index (χ0) is 28.1. The predicted octanol–water partition coefficient (Wildman–Crippen LogP) is 0.821. The van der Waals surface area contributed by atoms with Crippen molar-refractivity contribution in [3.05, 3.63) is 65.2 Å². The quantitative estimate of drug-likeness (QED) is 0.316. The fourth-order valence-electron chi connectivity index (χ4n) is 5.48. The number of para-hydroxylation sites is 1. The lowest BCUT2D eigenvalue weighted by Crippen LogP contribution is -2.53. The van der Waals surface area contributed by atoms with Crippen LogP contribution < -0.4 is 4.90 Å². The van der Waals surface area contributed by atoms with Crippen molar-refractivity contribution >= 4 is 39.1 Å². The number of ketones is 1. The van der Waals surface area contributed by atoms with Gasteiger partial charge in [0.15, 0.2) is 5.54 Å². The lowest BCUT2D eigenvalue weighted by atomic mass is 9.82. The highest BCUT2D eigenvalue weighted by Gasteiger charge is 2.66. The van der Waals surface area contributed by atoms with Crippen LogP contribution in [0.15, 0.2) is 59.0 Å². The highest BCUT2D eigenvalue weighted by Crippen LogP contribution is 2.53. The molecule has 3 heterocycles. The normalized spacial score (nSPS) is 23.3. The van der Waals surface area contributed by atoms with Crippen molar-refractivity contribution < 1.29 is 32.6 Å².